The third kappa shape index (κ3) is 0.941. The number of rotatable bonds is 0. The first-order valence-electron chi connectivity index (χ1n) is 3.18. The third-order valence-electron chi connectivity index (χ3n) is 1.62. The Balaban J connectivity index is 2.61. The minimum Gasteiger partial charge on any atom is -0.0719 e. The van der Waals surface area contributed by atoms with Crippen LogP contribution in [-0.2, 0) is 6.42 Å². The number of halogens is 1. The number of allylic oxidation sites excluding steroid dienone is 1. The Labute approximate surface area is 70.2 Å². The van der Waals surface area contributed by atoms with Crippen molar-refractivity contribution >= 4 is 28.6 Å². The molecule has 0 aromatic carbocycles. The molecule has 0 nitrogen and oxygen atoms in total. The molecule has 0 fully saturated rings. The Morgan fingerprint density at radius 3 is 3.20 bits per heavy atom. The molecule has 0 aliphatic heterocycles. The zero-order chi connectivity index (χ0) is 6.97. The summed E-state index contributed by atoms with van der Waals surface area (Å²) in [6, 6.07) is 4.28. The molecule has 0 N–H and O–H groups in total. The van der Waals surface area contributed by atoms with Crippen LogP contribution in [0.15, 0.2) is 24.0 Å². The fraction of sp³-hybridized carbons (Fsp3) is 0.125. The molecule has 1 aromatic rings. The van der Waals surface area contributed by atoms with Crippen molar-refractivity contribution < 1.29 is 0 Å². The molecule has 0 spiro atoms. The van der Waals surface area contributed by atoms with E-state index in [0.717, 1.165) is 6.42 Å². The van der Waals surface area contributed by atoms with Crippen LogP contribution < -0.4 is 0 Å². The Morgan fingerprint density at radius 1 is 1.50 bits per heavy atom. The molecule has 1 aromatic heterocycles. The predicted octanol–water partition coefficient (Wildman–Crippen LogP) is 3.56. The van der Waals surface area contributed by atoms with Crippen molar-refractivity contribution in [1.82, 2.24) is 0 Å². The van der Waals surface area contributed by atoms with Gasteiger partial charge in [0.25, 0.3) is 0 Å². The zero-order valence-corrected chi connectivity index (χ0v) is 7.82. The fourth-order valence-electron chi connectivity index (χ4n) is 1.11. The van der Waals surface area contributed by atoms with E-state index in [2.05, 4.69) is 39.9 Å². The van der Waals surface area contributed by atoms with Crippen molar-refractivity contribution in [2.75, 3.05) is 0 Å². The number of hydrogen-bond acceptors (Lipinski definition) is 0. The maximum absolute atomic E-state index is 3.51. The van der Waals surface area contributed by atoms with Crippen molar-refractivity contribution in [3.63, 3.8) is 0 Å². The Hall–Kier alpha value is -0.130. The molecule has 2 heteroatoms. The van der Waals surface area contributed by atoms with Gasteiger partial charge in [-0.2, -0.15) is 0 Å². The van der Waals surface area contributed by atoms with Gasteiger partial charge in [-0.25, -0.2) is 0 Å². The molecule has 0 bridgehead atoms. The maximum Gasteiger partial charge on any atom is 0.0217 e. The Bertz CT molecular complexity index is 291. The van der Waals surface area contributed by atoms with Crippen LogP contribution >= 0.6 is 24.1 Å². The molecule has 0 unspecified atom stereocenters. The molecule has 50 valence electrons. The van der Waals surface area contributed by atoms with Gasteiger partial charge in [-0.3, -0.25) is 0 Å². The van der Waals surface area contributed by atoms with Gasteiger partial charge in [-0.15, -0.1) is 0 Å². The van der Waals surface area contributed by atoms with Crippen LogP contribution in [0.3, 0.4) is 0 Å². The first kappa shape index (κ1) is 6.57. The van der Waals surface area contributed by atoms with Crippen LogP contribution in [-0.4, -0.2) is 0 Å². The summed E-state index contributed by atoms with van der Waals surface area (Å²) in [5, 5.41) is 1.52. The van der Waals surface area contributed by atoms with Gasteiger partial charge < -0.3 is 0 Å². The summed E-state index contributed by atoms with van der Waals surface area (Å²) >= 11 is 3.51. The molecular weight excluding hydrogens is 207 g/mol. The van der Waals surface area contributed by atoms with Gasteiger partial charge in [-0.05, 0) is 23.1 Å². The van der Waals surface area contributed by atoms with Crippen molar-refractivity contribution in [2.24, 2.45) is 0 Å². The molecule has 10 heavy (non-hydrogen) atoms. The highest BCUT2D eigenvalue weighted by Crippen LogP contribution is 2.35. The van der Waals surface area contributed by atoms with Crippen LogP contribution in [0.1, 0.15) is 10.9 Å². The van der Waals surface area contributed by atoms with Crippen molar-refractivity contribution in [3.05, 3.63) is 34.9 Å². The first-order valence-corrected chi connectivity index (χ1v) is 4.93. The van der Waals surface area contributed by atoms with Gasteiger partial charge in [0.1, 0.15) is 0 Å². The number of hydrogen-bond donors (Lipinski definition) is 0. The molecule has 1 heterocycles. The summed E-state index contributed by atoms with van der Waals surface area (Å²) in [6.07, 6.45) is 3.35. The van der Waals surface area contributed by atoms with E-state index in [1.807, 2.05) is 0 Å². The molecule has 0 saturated heterocycles. The fourth-order valence-corrected chi connectivity index (χ4v) is 2.68. The molecule has 0 amide bonds. The first-order chi connectivity index (χ1) is 4.88. The molecule has 1 aliphatic rings. The topological polar surface area (TPSA) is 0 Å². The highest BCUT2D eigenvalue weighted by Gasteiger charge is 2.09. The maximum atomic E-state index is 3.51. The molecule has 0 saturated carbocycles. The van der Waals surface area contributed by atoms with Crippen molar-refractivity contribution in [2.45, 2.75) is 6.42 Å². The van der Waals surface area contributed by atoms with Crippen LogP contribution in [0.5, 0.6) is 0 Å². The van der Waals surface area contributed by atoms with Gasteiger partial charge in [-0.1, -0.05) is 42.3 Å². The van der Waals surface area contributed by atoms with Crippen molar-refractivity contribution in [1.29, 1.82) is 0 Å². The second-order valence-corrected chi connectivity index (χ2v) is 4.20. The molecule has 0 atom stereocenters. The van der Waals surface area contributed by atoms with Crippen LogP contribution in [0.25, 0.3) is 4.48 Å². The Morgan fingerprint density at radius 2 is 2.40 bits per heavy atom. The van der Waals surface area contributed by atoms with E-state index >= 15 is 0 Å². The summed E-state index contributed by atoms with van der Waals surface area (Å²) in [5.41, 5.74) is 1.39. The normalized spacial score (nSPS) is 15.5. The summed E-state index contributed by atoms with van der Waals surface area (Å²) in [4.78, 5) is 0. The van der Waals surface area contributed by atoms with Gasteiger partial charge in [0, 0.05) is 4.48 Å². The lowest BCUT2D eigenvalue weighted by molar-refractivity contribution is 1.39. The average molecular weight is 213 g/mol. The van der Waals surface area contributed by atoms with E-state index in [9.17, 15) is 0 Å². The molecular formula is C8H6BrP. The van der Waals surface area contributed by atoms with E-state index in [1.165, 1.54) is 23.5 Å². The van der Waals surface area contributed by atoms with Crippen molar-refractivity contribution in [3.8, 4) is 0 Å². The minimum absolute atomic E-state index is 1.12. The summed E-state index contributed by atoms with van der Waals surface area (Å²) in [6.45, 7) is 0. The minimum atomic E-state index is 1.12. The summed E-state index contributed by atoms with van der Waals surface area (Å²) < 4.78 is 1.26. The second kappa shape index (κ2) is 2.48. The summed E-state index contributed by atoms with van der Waals surface area (Å²) in [7, 11) is 1.37. The second-order valence-electron chi connectivity index (χ2n) is 2.25. The standard InChI is InChI=1S/C8H6BrP/c9-7-3-4-8-6(7)2-1-5-10-8/h1-3,5H,4H2. The highest BCUT2D eigenvalue weighted by molar-refractivity contribution is 9.15. The van der Waals surface area contributed by atoms with E-state index in [-0.39, 0.29) is 0 Å². The van der Waals surface area contributed by atoms with E-state index < -0.39 is 0 Å². The van der Waals surface area contributed by atoms with E-state index in [1.54, 1.807) is 0 Å². The lowest BCUT2D eigenvalue weighted by atomic mass is 10.3. The summed E-state index contributed by atoms with van der Waals surface area (Å²) in [5.74, 6) is 2.18. The largest absolute Gasteiger partial charge is 0.0719 e. The SMILES string of the molecule is BrC1=CCc2pcccc21. The number of fused-ring (bicyclic) bond motifs is 1. The highest BCUT2D eigenvalue weighted by atomic mass is 79.9. The lowest BCUT2D eigenvalue weighted by Crippen LogP contribution is -1.73. The van der Waals surface area contributed by atoms with Crippen LogP contribution in [0.2, 0.25) is 0 Å². The van der Waals surface area contributed by atoms with E-state index in [0.29, 0.717) is 0 Å². The van der Waals surface area contributed by atoms with Gasteiger partial charge >= 0.3 is 0 Å². The third-order valence-corrected chi connectivity index (χ3v) is 3.43. The molecule has 0 radical (unpaired) electrons. The quantitative estimate of drug-likeness (QED) is 0.618. The van der Waals surface area contributed by atoms with Crippen LogP contribution in [0.4, 0.5) is 0 Å². The monoisotopic (exact) mass is 212 g/mol. The van der Waals surface area contributed by atoms with E-state index in [4.69, 9.17) is 0 Å². The van der Waals surface area contributed by atoms with Gasteiger partial charge in [0.2, 0.25) is 0 Å². The van der Waals surface area contributed by atoms with Gasteiger partial charge in [0.15, 0.2) is 0 Å². The van der Waals surface area contributed by atoms with Crippen LogP contribution in [0, 0.1) is 0 Å². The predicted molar refractivity (Wildman–Crippen MR) is 49.6 cm³/mol. The molecule has 2 rings (SSSR count). The van der Waals surface area contributed by atoms with Gasteiger partial charge in [0.05, 0.1) is 0 Å². The average Bonchev–Trinajstić information content (AvgIpc) is 2.34. The smallest absolute Gasteiger partial charge is 0.0217 e. The molecule has 1 aliphatic carbocycles. The Kier molecular flexibility index (Phi) is 1.63. The lowest BCUT2D eigenvalue weighted by Gasteiger charge is -1.95. The zero-order valence-electron chi connectivity index (χ0n) is 5.34.